The predicted molar refractivity (Wildman–Crippen MR) is 78.2 cm³/mol. The molecular weight excluding hydrogens is 282 g/mol. The third-order valence-electron chi connectivity index (χ3n) is 3.65. The molecule has 2 aromatic rings. The molecule has 20 heavy (non-hydrogen) atoms. The monoisotopic (exact) mass is 300 g/mol. The van der Waals surface area contributed by atoms with Crippen molar-refractivity contribution in [2.75, 3.05) is 5.88 Å². The second-order valence-electron chi connectivity index (χ2n) is 5.29. The van der Waals surface area contributed by atoms with E-state index in [9.17, 15) is 8.78 Å². The fourth-order valence-electron chi connectivity index (χ4n) is 2.74. The molecule has 2 rings (SSSR count). The number of hydrogen-bond donors (Lipinski definition) is 0. The van der Waals surface area contributed by atoms with Crippen molar-refractivity contribution >= 4 is 22.6 Å². The van der Waals surface area contributed by atoms with Gasteiger partial charge >= 0.3 is 0 Å². The lowest BCUT2D eigenvalue weighted by Gasteiger charge is -2.24. The average Bonchev–Trinajstić information content (AvgIpc) is 2.75. The van der Waals surface area contributed by atoms with E-state index in [1.54, 1.807) is 0 Å². The van der Waals surface area contributed by atoms with Gasteiger partial charge in [-0.1, -0.05) is 20.8 Å². The highest BCUT2D eigenvalue weighted by molar-refractivity contribution is 6.17. The average molecular weight is 301 g/mol. The Morgan fingerprint density at radius 1 is 1.30 bits per heavy atom. The van der Waals surface area contributed by atoms with Crippen molar-refractivity contribution in [2.45, 2.75) is 39.7 Å². The van der Waals surface area contributed by atoms with Gasteiger partial charge in [-0.3, -0.25) is 0 Å². The lowest BCUT2D eigenvalue weighted by molar-refractivity contribution is 0.361. The van der Waals surface area contributed by atoms with Gasteiger partial charge in [-0.25, -0.2) is 13.8 Å². The summed E-state index contributed by atoms with van der Waals surface area (Å²) >= 11 is 5.81. The van der Waals surface area contributed by atoms with Crippen LogP contribution >= 0.6 is 11.6 Å². The summed E-state index contributed by atoms with van der Waals surface area (Å²) in [7, 11) is 0. The highest BCUT2D eigenvalue weighted by Crippen LogP contribution is 2.31. The molecule has 1 aromatic heterocycles. The van der Waals surface area contributed by atoms with Gasteiger partial charge in [0, 0.05) is 18.3 Å². The van der Waals surface area contributed by atoms with Gasteiger partial charge in [0.15, 0.2) is 11.6 Å². The van der Waals surface area contributed by atoms with Crippen molar-refractivity contribution in [1.82, 2.24) is 9.55 Å². The molecule has 110 valence electrons. The molecule has 0 fully saturated rings. The number of imidazole rings is 1. The summed E-state index contributed by atoms with van der Waals surface area (Å²) in [5.74, 6) is -0.235. The number of aryl methyl sites for hydroxylation is 1. The molecule has 0 saturated heterocycles. The molecule has 0 spiro atoms. The number of nitrogens with zero attached hydrogens (tertiary/aromatic N) is 2. The lowest BCUT2D eigenvalue weighted by atomic mass is 10.0. The standard InChI is InChI=1S/C15H19ClF2N2/c1-4-12(9(2)3)20-13(7-8-16)19-11-6-5-10(17)14(18)15(11)20/h5-6,9,12H,4,7-8H2,1-3H3. The molecule has 0 N–H and O–H groups in total. The topological polar surface area (TPSA) is 17.8 Å². The maximum atomic E-state index is 14.2. The van der Waals surface area contributed by atoms with Crippen LogP contribution < -0.4 is 0 Å². The number of alkyl halides is 1. The first-order valence-corrected chi connectivity index (χ1v) is 7.45. The van der Waals surface area contributed by atoms with Gasteiger partial charge in [0.2, 0.25) is 0 Å². The Morgan fingerprint density at radius 3 is 2.55 bits per heavy atom. The first kappa shape index (κ1) is 15.2. The molecule has 0 bridgehead atoms. The number of halogens is 3. The molecule has 0 aliphatic rings. The normalized spacial score (nSPS) is 13.3. The van der Waals surface area contributed by atoms with Crippen molar-refractivity contribution in [3.8, 4) is 0 Å². The summed E-state index contributed by atoms with van der Waals surface area (Å²) in [5.41, 5.74) is 0.744. The molecule has 2 nitrogen and oxygen atoms in total. The van der Waals surface area contributed by atoms with Gasteiger partial charge < -0.3 is 4.57 Å². The fraction of sp³-hybridized carbons (Fsp3) is 0.533. The summed E-state index contributed by atoms with van der Waals surface area (Å²) < 4.78 is 29.6. The van der Waals surface area contributed by atoms with Gasteiger partial charge in [-0.2, -0.15) is 0 Å². The maximum Gasteiger partial charge on any atom is 0.184 e. The first-order valence-electron chi connectivity index (χ1n) is 6.92. The van der Waals surface area contributed by atoms with E-state index in [0.717, 1.165) is 18.3 Å². The van der Waals surface area contributed by atoms with E-state index in [4.69, 9.17) is 11.6 Å². The molecule has 5 heteroatoms. The van der Waals surface area contributed by atoms with Crippen molar-refractivity contribution in [2.24, 2.45) is 5.92 Å². The van der Waals surface area contributed by atoms with E-state index < -0.39 is 11.6 Å². The van der Waals surface area contributed by atoms with Gasteiger partial charge in [0.05, 0.1) is 5.52 Å². The molecule has 1 heterocycles. The van der Waals surface area contributed by atoms with Gasteiger partial charge in [-0.05, 0) is 24.5 Å². The van der Waals surface area contributed by atoms with Crippen LogP contribution in [-0.2, 0) is 6.42 Å². The highest BCUT2D eigenvalue weighted by atomic mass is 35.5. The Hall–Kier alpha value is -1.16. The Balaban J connectivity index is 2.75. The van der Waals surface area contributed by atoms with Crippen LogP contribution in [0.1, 0.15) is 39.1 Å². The summed E-state index contributed by atoms with van der Waals surface area (Å²) in [4.78, 5) is 4.43. The highest BCUT2D eigenvalue weighted by Gasteiger charge is 2.23. The molecule has 1 aromatic carbocycles. The van der Waals surface area contributed by atoms with Crippen LogP contribution in [0.5, 0.6) is 0 Å². The van der Waals surface area contributed by atoms with Crippen molar-refractivity contribution in [3.05, 3.63) is 29.6 Å². The van der Waals surface area contributed by atoms with Crippen LogP contribution in [0.3, 0.4) is 0 Å². The SMILES string of the molecule is CCC(C(C)C)n1c(CCCl)nc2ccc(F)c(F)c21. The molecule has 1 atom stereocenters. The van der Waals surface area contributed by atoms with E-state index in [1.165, 1.54) is 6.07 Å². The van der Waals surface area contributed by atoms with E-state index in [-0.39, 0.29) is 11.6 Å². The minimum absolute atomic E-state index is 0.0783. The van der Waals surface area contributed by atoms with Gasteiger partial charge in [0.25, 0.3) is 0 Å². The van der Waals surface area contributed by atoms with E-state index in [0.29, 0.717) is 23.7 Å². The minimum atomic E-state index is -0.838. The maximum absolute atomic E-state index is 14.2. The van der Waals surface area contributed by atoms with Crippen molar-refractivity contribution in [3.63, 3.8) is 0 Å². The predicted octanol–water partition coefficient (Wildman–Crippen LogP) is 4.70. The number of aromatic nitrogens is 2. The molecule has 0 amide bonds. The van der Waals surface area contributed by atoms with Crippen LogP contribution in [0.4, 0.5) is 8.78 Å². The second kappa shape index (κ2) is 6.08. The number of rotatable bonds is 5. The summed E-state index contributed by atoms with van der Waals surface area (Å²) in [6.07, 6.45) is 1.37. The first-order chi connectivity index (χ1) is 9.51. The Labute approximate surface area is 122 Å². The van der Waals surface area contributed by atoms with Crippen molar-refractivity contribution < 1.29 is 8.78 Å². The Kier molecular flexibility index (Phi) is 4.63. The zero-order valence-electron chi connectivity index (χ0n) is 12.0. The van der Waals surface area contributed by atoms with Crippen molar-refractivity contribution in [1.29, 1.82) is 0 Å². The molecule has 0 aliphatic carbocycles. The molecule has 1 unspecified atom stereocenters. The van der Waals surface area contributed by atoms with Crippen LogP contribution in [0.25, 0.3) is 11.0 Å². The van der Waals surface area contributed by atoms with Gasteiger partial charge in [0.1, 0.15) is 11.3 Å². The minimum Gasteiger partial charge on any atom is -0.322 e. The van der Waals surface area contributed by atoms with Crippen LogP contribution in [0, 0.1) is 17.6 Å². The van der Waals surface area contributed by atoms with E-state index in [1.807, 2.05) is 11.5 Å². The molecule has 0 radical (unpaired) electrons. The molecule has 0 saturated carbocycles. The number of benzene rings is 1. The Bertz CT molecular complexity index is 607. The molecular formula is C15H19ClF2N2. The number of fused-ring (bicyclic) bond motifs is 1. The lowest BCUT2D eigenvalue weighted by Crippen LogP contribution is -2.18. The second-order valence-corrected chi connectivity index (χ2v) is 5.66. The summed E-state index contributed by atoms with van der Waals surface area (Å²) in [5, 5.41) is 0. The third-order valence-corrected chi connectivity index (χ3v) is 3.84. The number of hydrogen-bond acceptors (Lipinski definition) is 1. The third kappa shape index (κ3) is 2.53. The van der Waals surface area contributed by atoms with E-state index in [2.05, 4.69) is 18.8 Å². The quantitative estimate of drug-likeness (QED) is 0.732. The van der Waals surface area contributed by atoms with Crippen LogP contribution in [0.15, 0.2) is 12.1 Å². The van der Waals surface area contributed by atoms with E-state index >= 15 is 0 Å². The Morgan fingerprint density at radius 2 is 2.00 bits per heavy atom. The summed E-state index contributed by atoms with van der Waals surface area (Å²) in [6, 6.07) is 2.72. The smallest absolute Gasteiger partial charge is 0.184 e. The van der Waals surface area contributed by atoms with Crippen LogP contribution in [-0.4, -0.2) is 15.4 Å². The molecule has 0 aliphatic heterocycles. The van der Waals surface area contributed by atoms with Gasteiger partial charge in [-0.15, -0.1) is 11.6 Å². The largest absolute Gasteiger partial charge is 0.322 e. The van der Waals surface area contributed by atoms with Crippen LogP contribution in [0.2, 0.25) is 0 Å². The zero-order chi connectivity index (χ0) is 14.9. The zero-order valence-corrected chi connectivity index (χ0v) is 12.7. The summed E-state index contributed by atoms with van der Waals surface area (Å²) in [6.45, 7) is 6.18. The fourth-order valence-corrected chi connectivity index (χ4v) is 2.91.